The number of carbonyl (C=O) groups excluding carboxylic acids is 1. The van der Waals surface area contributed by atoms with Gasteiger partial charge < -0.3 is 5.32 Å². The van der Waals surface area contributed by atoms with Crippen LogP contribution >= 0.6 is 0 Å². The molecule has 0 saturated carbocycles. The lowest BCUT2D eigenvalue weighted by Gasteiger charge is -2.05. The van der Waals surface area contributed by atoms with E-state index in [1.165, 1.54) is 23.9 Å². The van der Waals surface area contributed by atoms with Gasteiger partial charge in [-0.2, -0.15) is 0 Å². The van der Waals surface area contributed by atoms with E-state index in [2.05, 4.69) is 15.3 Å². The van der Waals surface area contributed by atoms with Crippen LogP contribution < -0.4 is 10.8 Å². The number of aryl methyl sites for hydroxylation is 1. The summed E-state index contributed by atoms with van der Waals surface area (Å²) in [5.74, 6) is -0.404. The van der Waals surface area contributed by atoms with Gasteiger partial charge in [0.15, 0.2) is 0 Å². The summed E-state index contributed by atoms with van der Waals surface area (Å²) in [5.41, 5.74) is 2.72. The number of hydrogen-bond acceptors (Lipinski definition) is 5. The van der Waals surface area contributed by atoms with Crippen molar-refractivity contribution in [3.8, 4) is 0 Å². The maximum absolute atomic E-state index is 13.0. The lowest BCUT2D eigenvalue weighted by molar-refractivity contribution is 0.0705. The van der Waals surface area contributed by atoms with Crippen molar-refractivity contribution in [1.29, 1.82) is 0 Å². The van der Waals surface area contributed by atoms with E-state index in [-0.39, 0.29) is 11.4 Å². The number of hydroxylamine groups is 1. The number of nitrogens with zero attached hydrogens (tertiary/aromatic N) is 2. The summed E-state index contributed by atoms with van der Waals surface area (Å²) in [6.07, 6.45) is 6.47. The van der Waals surface area contributed by atoms with Crippen LogP contribution in [-0.2, 0) is 6.42 Å². The largest absolute Gasteiger partial charge is 0.354 e. The van der Waals surface area contributed by atoms with Crippen molar-refractivity contribution in [3.05, 3.63) is 53.6 Å². The number of unbranched alkanes of at least 4 members (excludes halogenated alkanes) is 2. The van der Waals surface area contributed by atoms with Crippen LogP contribution in [0.3, 0.4) is 0 Å². The highest BCUT2D eigenvalue weighted by molar-refractivity contribution is 5.92. The molecule has 0 saturated heterocycles. The smallest absolute Gasteiger partial charge is 0.277 e. The third kappa shape index (κ3) is 5.63. The van der Waals surface area contributed by atoms with Gasteiger partial charge in [0.05, 0.1) is 5.56 Å². The zero-order valence-electron chi connectivity index (χ0n) is 12.6. The maximum atomic E-state index is 13.0. The molecule has 3 N–H and O–H groups in total. The molecule has 122 valence electrons. The third-order valence-electron chi connectivity index (χ3n) is 3.33. The number of anilines is 1. The molecule has 0 atom stereocenters. The van der Waals surface area contributed by atoms with Crippen LogP contribution in [0.2, 0.25) is 0 Å². The number of amides is 1. The number of halogens is 1. The van der Waals surface area contributed by atoms with Crippen molar-refractivity contribution in [3.63, 3.8) is 0 Å². The van der Waals surface area contributed by atoms with Crippen molar-refractivity contribution in [1.82, 2.24) is 15.4 Å². The van der Waals surface area contributed by atoms with Crippen LogP contribution in [0.4, 0.5) is 10.3 Å². The van der Waals surface area contributed by atoms with E-state index < -0.39 is 5.91 Å². The van der Waals surface area contributed by atoms with Gasteiger partial charge in [0, 0.05) is 18.9 Å². The molecule has 23 heavy (non-hydrogen) atoms. The average Bonchev–Trinajstić information content (AvgIpc) is 2.58. The molecular formula is C16H19FN4O2. The van der Waals surface area contributed by atoms with Crippen molar-refractivity contribution in [2.45, 2.75) is 25.7 Å². The number of rotatable bonds is 8. The highest BCUT2D eigenvalue weighted by atomic mass is 19.1. The summed E-state index contributed by atoms with van der Waals surface area (Å²) >= 11 is 0. The first kappa shape index (κ1) is 16.8. The molecular weight excluding hydrogens is 299 g/mol. The molecule has 0 bridgehead atoms. The molecule has 1 heterocycles. The molecule has 0 unspecified atom stereocenters. The second kappa shape index (κ2) is 8.79. The number of benzene rings is 1. The van der Waals surface area contributed by atoms with E-state index in [1.807, 2.05) is 6.07 Å². The predicted molar refractivity (Wildman–Crippen MR) is 83.7 cm³/mol. The molecule has 0 fully saturated rings. The topological polar surface area (TPSA) is 87.1 Å². The molecule has 1 aromatic heterocycles. The molecule has 2 rings (SSSR count). The summed E-state index contributed by atoms with van der Waals surface area (Å²) in [4.78, 5) is 19.1. The standard InChI is InChI=1S/C16H19FN4O2/c17-14-7-4-6-12(9-14)5-2-1-3-8-18-16-19-10-13(11-20-16)15(22)21-23/h4,6-7,9-11,23H,1-3,5,8H2,(H,21,22)(H,18,19,20). The van der Waals surface area contributed by atoms with Gasteiger partial charge in [-0.1, -0.05) is 18.6 Å². The van der Waals surface area contributed by atoms with Crippen molar-refractivity contribution >= 4 is 11.9 Å². The average molecular weight is 318 g/mol. The monoisotopic (exact) mass is 318 g/mol. The summed E-state index contributed by atoms with van der Waals surface area (Å²) in [6, 6.07) is 6.67. The zero-order valence-corrected chi connectivity index (χ0v) is 12.6. The molecule has 0 aliphatic heterocycles. The van der Waals surface area contributed by atoms with Crippen molar-refractivity contribution in [2.24, 2.45) is 0 Å². The second-order valence-electron chi connectivity index (χ2n) is 5.10. The van der Waals surface area contributed by atoms with E-state index in [4.69, 9.17) is 5.21 Å². The van der Waals surface area contributed by atoms with Gasteiger partial charge in [-0.05, 0) is 37.0 Å². The molecule has 0 radical (unpaired) electrons. The fourth-order valence-corrected chi connectivity index (χ4v) is 2.12. The molecule has 6 nitrogen and oxygen atoms in total. The van der Waals surface area contributed by atoms with E-state index in [1.54, 1.807) is 12.1 Å². The summed E-state index contributed by atoms with van der Waals surface area (Å²) in [5, 5.41) is 11.5. The van der Waals surface area contributed by atoms with Gasteiger partial charge in [0.25, 0.3) is 5.91 Å². The fourth-order valence-electron chi connectivity index (χ4n) is 2.12. The van der Waals surface area contributed by atoms with Gasteiger partial charge in [0.1, 0.15) is 5.82 Å². The predicted octanol–water partition coefficient (Wildman–Crippen LogP) is 2.56. The van der Waals surface area contributed by atoms with E-state index in [9.17, 15) is 9.18 Å². The normalized spacial score (nSPS) is 10.3. The van der Waals surface area contributed by atoms with Gasteiger partial charge in [-0.15, -0.1) is 0 Å². The van der Waals surface area contributed by atoms with E-state index in [0.29, 0.717) is 12.5 Å². The molecule has 1 aromatic carbocycles. The van der Waals surface area contributed by atoms with Crippen LogP contribution in [0.5, 0.6) is 0 Å². The Morgan fingerprint density at radius 3 is 2.65 bits per heavy atom. The Bertz CT molecular complexity index is 634. The Morgan fingerprint density at radius 1 is 1.17 bits per heavy atom. The Hall–Kier alpha value is -2.54. The molecule has 1 amide bonds. The summed E-state index contributed by atoms with van der Waals surface area (Å²) in [6.45, 7) is 0.717. The Kier molecular flexibility index (Phi) is 6.43. The number of carbonyl (C=O) groups is 1. The zero-order chi connectivity index (χ0) is 16.5. The Morgan fingerprint density at radius 2 is 1.96 bits per heavy atom. The second-order valence-corrected chi connectivity index (χ2v) is 5.10. The molecule has 0 spiro atoms. The first-order valence-electron chi connectivity index (χ1n) is 7.44. The van der Waals surface area contributed by atoms with Gasteiger partial charge in [-0.25, -0.2) is 19.8 Å². The fraction of sp³-hybridized carbons (Fsp3) is 0.312. The van der Waals surface area contributed by atoms with Crippen LogP contribution in [0.1, 0.15) is 35.2 Å². The summed E-state index contributed by atoms with van der Waals surface area (Å²) < 4.78 is 13.0. The van der Waals surface area contributed by atoms with Crippen LogP contribution in [0, 0.1) is 5.82 Å². The highest BCUT2D eigenvalue weighted by Gasteiger charge is 2.05. The number of nitrogens with one attached hydrogen (secondary N) is 2. The quantitative estimate of drug-likeness (QED) is 0.395. The summed E-state index contributed by atoms with van der Waals surface area (Å²) in [7, 11) is 0. The van der Waals surface area contributed by atoms with E-state index in [0.717, 1.165) is 31.2 Å². The minimum atomic E-state index is -0.645. The number of hydrogen-bond donors (Lipinski definition) is 3. The lowest BCUT2D eigenvalue weighted by Crippen LogP contribution is -2.19. The van der Waals surface area contributed by atoms with Gasteiger partial charge in [0.2, 0.25) is 5.95 Å². The maximum Gasteiger partial charge on any atom is 0.277 e. The highest BCUT2D eigenvalue weighted by Crippen LogP contribution is 2.09. The van der Waals surface area contributed by atoms with Crippen molar-refractivity contribution < 1.29 is 14.4 Å². The molecule has 0 aliphatic carbocycles. The van der Waals surface area contributed by atoms with Gasteiger partial charge >= 0.3 is 0 Å². The first-order valence-corrected chi connectivity index (χ1v) is 7.44. The lowest BCUT2D eigenvalue weighted by atomic mass is 10.1. The van der Waals surface area contributed by atoms with Crippen LogP contribution in [0.25, 0.3) is 0 Å². The van der Waals surface area contributed by atoms with Crippen LogP contribution in [0.15, 0.2) is 36.7 Å². The van der Waals surface area contributed by atoms with Crippen molar-refractivity contribution in [2.75, 3.05) is 11.9 Å². The molecule has 2 aromatic rings. The third-order valence-corrected chi connectivity index (χ3v) is 3.33. The first-order chi connectivity index (χ1) is 11.2. The van der Waals surface area contributed by atoms with E-state index >= 15 is 0 Å². The number of aromatic nitrogens is 2. The molecule has 0 aliphatic rings. The molecule has 7 heteroatoms. The minimum absolute atomic E-state index is 0.188. The SMILES string of the molecule is O=C(NO)c1cnc(NCCCCCc2cccc(F)c2)nc1. The van der Waals surface area contributed by atoms with Gasteiger partial charge in [-0.3, -0.25) is 10.0 Å². The Labute approximate surface area is 133 Å². The Balaban J connectivity index is 1.63. The van der Waals surface area contributed by atoms with Crippen LogP contribution in [-0.4, -0.2) is 27.6 Å². The minimum Gasteiger partial charge on any atom is -0.354 e.